The lowest BCUT2D eigenvalue weighted by Crippen LogP contribution is -2.20. The standard InChI is InChI=1S/C20H22N4O3/c1-2-26-17-9-12(7-8-16(17)27-11-18(22)25)19-13-5-3-4-6-15(13)24-20(23)14(19)10-21/h7-9H,2-6,11H2,1H3,(H2,22,25)(H2,23,24). The maximum Gasteiger partial charge on any atom is 0.255 e. The predicted octanol–water partition coefficient (Wildman–Crippen LogP) is 2.34. The van der Waals surface area contributed by atoms with Crippen molar-refractivity contribution in [3.05, 3.63) is 35.0 Å². The Kier molecular flexibility index (Phi) is 5.46. The van der Waals surface area contributed by atoms with Crippen LogP contribution in [-0.4, -0.2) is 24.1 Å². The van der Waals surface area contributed by atoms with Crippen LogP contribution in [0.5, 0.6) is 11.5 Å². The first kappa shape index (κ1) is 18.5. The van der Waals surface area contributed by atoms with E-state index < -0.39 is 5.91 Å². The Bertz CT molecular complexity index is 918. The molecule has 0 fully saturated rings. The maximum atomic E-state index is 11.0. The van der Waals surface area contributed by atoms with Crippen molar-refractivity contribution in [3.63, 3.8) is 0 Å². The van der Waals surface area contributed by atoms with Crippen molar-refractivity contribution in [2.24, 2.45) is 5.73 Å². The summed E-state index contributed by atoms with van der Waals surface area (Å²) in [4.78, 5) is 15.5. The zero-order valence-corrected chi connectivity index (χ0v) is 15.2. The Labute approximate surface area is 157 Å². The third-order valence-corrected chi connectivity index (χ3v) is 4.52. The number of carbonyl (C=O) groups is 1. The van der Waals surface area contributed by atoms with E-state index in [1.54, 1.807) is 6.07 Å². The highest BCUT2D eigenvalue weighted by molar-refractivity contribution is 5.81. The Morgan fingerprint density at radius 3 is 2.74 bits per heavy atom. The van der Waals surface area contributed by atoms with Crippen molar-refractivity contribution in [2.45, 2.75) is 32.6 Å². The molecule has 7 nitrogen and oxygen atoms in total. The van der Waals surface area contributed by atoms with Crippen LogP contribution < -0.4 is 20.9 Å². The molecule has 1 aromatic heterocycles. The molecule has 0 bridgehead atoms. The number of pyridine rings is 1. The molecule has 0 unspecified atom stereocenters. The van der Waals surface area contributed by atoms with Crippen LogP contribution in [0.4, 0.5) is 5.82 Å². The predicted molar refractivity (Wildman–Crippen MR) is 101 cm³/mol. The molecular weight excluding hydrogens is 344 g/mol. The molecule has 7 heteroatoms. The molecule has 0 saturated carbocycles. The van der Waals surface area contributed by atoms with E-state index in [1.165, 1.54) is 0 Å². The highest BCUT2D eigenvalue weighted by atomic mass is 16.5. The number of amides is 1. The van der Waals surface area contributed by atoms with Crippen molar-refractivity contribution in [3.8, 4) is 28.7 Å². The molecule has 0 saturated heterocycles. The summed E-state index contributed by atoms with van der Waals surface area (Å²) >= 11 is 0. The summed E-state index contributed by atoms with van der Waals surface area (Å²) < 4.78 is 11.1. The second-order valence-electron chi connectivity index (χ2n) is 6.34. The SMILES string of the molecule is CCOc1cc(-c2c(C#N)c(N)nc3c2CCCC3)ccc1OCC(N)=O. The largest absolute Gasteiger partial charge is 0.490 e. The second-order valence-corrected chi connectivity index (χ2v) is 6.34. The lowest BCUT2D eigenvalue weighted by molar-refractivity contribution is -0.119. The highest BCUT2D eigenvalue weighted by Crippen LogP contribution is 2.39. The third kappa shape index (κ3) is 3.80. The number of nitrogens with two attached hydrogens (primary N) is 2. The summed E-state index contributed by atoms with van der Waals surface area (Å²) in [5.74, 6) is 0.596. The fourth-order valence-corrected chi connectivity index (χ4v) is 3.39. The summed E-state index contributed by atoms with van der Waals surface area (Å²) in [6.07, 6.45) is 3.83. The van der Waals surface area contributed by atoms with Gasteiger partial charge in [-0.2, -0.15) is 5.26 Å². The fourth-order valence-electron chi connectivity index (χ4n) is 3.39. The average molecular weight is 366 g/mol. The van der Waals surface area contributed by atoms with E-state index in [2.05, 4.69) is 11.1 Å². The minimum Gasteiger partial charge on any atom is -0.490 e. The molecule has 1 aromatic carbocycles. The van der Waals surface area contributed by atoms with Gasteiger partial charge < -0.3 is 20.9 Å². The van der Waals surface area contributed by atoms with E-state index in [0.29, 0.717) is 23.7 Å². The fraction of sp³-hybridized carbons (Fsp3) is 0.350. The summed E-state index contributed by atoms with van der Waals surface area (Å²) in [5.41, 5.74) is 15.2. The number of aryl methyl sites for hydroxylation is 1. The molecular formula is C20H22N4O3. The number of nitrogens with zero attached hydrogens (tertiary/aromatic N) is 2. The van der Waals surface area contributed by atoms with E-state index in [9.17, 15) is 10.1 Å². The molecule has 0 radical (unpaired) electrons. The second kappa shape index (κ2) is 7.96. The van der Waals surface area contributed by atoms with Crippen LogP contribution in [-0.2, 0) is 17.6 Å². The van der Waals surface area contributed by atoms with Crippen LogP contribution in [0.1, 0.15) is 36.6 Å². The summed E-state index contributed by atoms with van der Waals surface area (Å²) in [6, 6.07) is 7.56. The van der Waals surface area contributed by atoms with E-state index in [1.807, 2.05) is 19.1 Å². The summed E-state index contributed by atoms with van der Waals surface area (Å²) in [7, 11) is 0. The van der Waals surface area contributed by atoms with Crippen LogP contribution >= 0.6 is 0 Å². The smallest absolute Gasteiger partial charge is 0.255 e. The van der Waals surface area contributed by atoms with Gasteiger partial charge >= 0.3 is 0 Å². The molecule has 140 valence electrons. The number of primary amides is 1. The van der Waals surface area contributed by atoms with Crippen LogP contribution in [0.15, 0.2) is 18.2 Å². The topological polar surface area (TPSA) is 124 Å². The quantitative estimate of drug-likeness (QED) is 0.808. The number of aromatic nitrogens is 1. The van der Waals surface area contributed by atoms with Gasteiger partial charge in [0.1, 0.15) is 17.5 Å². The Balaban J connectivity index is 2.13. The van der Waals surface area contributed by atoms with Gasteiger partial charge in [0, 0.05) is 11.3 Å². The Morgan fingerprint density at radius 2 is 2.04 bits per heavy atom. The number of fused-ring (bicyclic) bond motifs is 1. The van der Waals surface area contributed by atoms with Gasteiger partial charge in [-0.3, -0.25) is 4.79 Å². The van der Waals surface area contributed by atoms with Gasteiger partial charge in [-0.25, -0.2) is 4.98 Å². The number of ether oxygens (including phenoxy) is 2. The highest BCUT2D eigenvalue weighted by Gasteiger charge is 2.23. The van der Waals surface area contributed by atoms with Crippen LogP contribution in [0.25, 0.3) is 11.1 Å². The van der Waals surface area contributed by atoms with Gasteiger partial charge in [0.05, 0.1) is 6.61 Å². The number of nitrogen functional groups attached to an aromatic ring is 1. The van der Waals surface area contributed by atoms with Crippen LogP contribution in [0, 0.1) is 11.3 Å². The van der Waals surface area contributed by atoms with Crippen molar-refractivity contribution < 1.29 is 14.3 Å². The molecule has 1 aliphatic carbocycles. The van der Waals surface area contributed by atoms with Crippen LogP contribution in [0.3, 0.4) is 0 Å². The summed E-state index contributed by atoms with van der Waals surface area (Å²) in [5, 5.41) is 9.66. The van der Waals surface area contributed by atoms with Crippen molar-refractivity contribution in [1.82, 2.24) is 4.98 Å². The van der Waals surface area contributed by atoms with Crippen molar-refractivity contribution in [2.75, 3.05) is 18.9 Å². The van der Waals surface area contributed by atoms with Gasteiger partial charge in [0.15, 0.2) is 18.1 Å². The zero-order chi connectivity index (χ0) is 19.4. The monoisotopic (exact) mass is 366 g/mol. The normalized spacial score (nSPS) is 12.7. The van der Waals surface area contributed by atoms with E-state index in [0.717, 1.165) is 48.1 Å². The van der Waals surface area contributed by atoms with Crippen molar-refractivity contribution in [1.29, 1.82) is 5.26 Å². The molecule has 0 spiro atoms. The Morgan fingerprint density at radius 1 is 1.26 bits per heavy atom. The van der Waals surface area contributed by atoms with E-state index in [4.69, 9.17) is 20.9 Å². The lowest BCUT2D eigenvalue weighted by Gasteiger charge is -2.21. The van der Waals surface area contributed by atoms with Crippen molar-refractivity contribution >= 4 is 11.7 Å². The van der Waals surface area contributed by atoms with Crippen LogP contribution in [0.2, 0.25) is 0 Å². The summed E-state index contributed by atoms with van der Waals surface area (Å²) in [6.45, 7) is 2.05. The third-order valence-electron chi connectivity index (χ3n) is 4.52. The Hall–Kier alpha value is -3.27. The van der Waals surface area contributed by atoms with Gasteiger partial charge in [-0.15, -0.1) is 0 Å². The van der Waals surface area contributed by atoms with Gasteiger partial charge in [0.25, 0.3) is 5.91 Å². The number of nitriles is 1. The number of hydrogen-bond donors (Lipinski definition) is 2. The molecule has 2 aromatic rings. The first-order chi connectivity index (χ1) is 13.0. The molecule has 1 amide bonds. The molecule has 0 atom stereocenters. The average Bonchev–Trinajstić information content (AvgIpc) is 2.66. The zero-order valence-electron chi connectivity index (χ0n) is 15.2. The molecule has 1 heterocycles. The molecule has 0 aliphatic heterocycles. The molecule has 1 aliphatic rings. The van der Waals surface area contributed by atoms with Gasteiger partial charge in [-0.05, 0) is 55.9 Å². The van der Waals surface area contributed by atoms with E-state index >= 15 is 0 Å². The van der Waals surface area contributed by atoms with Gasteiger partial charge in [-0.1, -0.05) is 6.07 Å². The first-order valence-electron chi connectivity index (χ1n) is 8.94. The first-order valence-corrected chi connectivity index (χ1v) is 8.94. The minimum absolute atomic E-state index is 0.236. The number of benzene rings is 1. The molecule has 4 N–H and O–H groups in total. The maximum absolute atomic E-state index is 11.0. The number of rotatable bonds is 6. The van der Waals surface area contributed by atoms with Gasteiger partial charge in [0.2, 0.25) is 0 Å². The van der Waals surface area contributed by atoms with E-state index in [-0.39, 0.29) is 12.4 Å². The number of anilines is 1. The minimum atomic E-state index is -0.565. The lowest BCUT2D eigenvalue weighted by atomic mass is 9.86. The number of carbonyl (C=O) groups excluding carboxylic acids is 1. The molecule has 3 rings (SSSR count). The molecule has 27 heavy (non-hydrogen) atoms. The number of hydrogen-bond acceptors (Lipinski definition) is 6.